The fourth-order valence-corrected chi connectivity index (χ4v) is 4.46. The minimum Gasteiger partial charge on any atom is -0.465 e. The minimum atomic E-state index is -1.10. The van der Waals surface area contributed by atoms with Gasteiger partial charge < -0.3 is 25.5 Å². The van der Waals surface area contributed by atoms with Gasteiger partial charge in [-0.1, -0.05) is 42.5 Å². The van der Waals surface area contributed by atoms with Gasteiger partial charge in [0.25, 0.3) is 5.91 Å². The van der Waals surface area contributed by atoms with Crippen molar-refractivity contribution in [3.8, 4) is 11.3 Å². The number of anilines is 3. The standard InChI is InChI=1S/C31H23N5O4/c37-30(20-10-8-19(9-11-20)17-32-31(38)39)36-22-14-12-21(13-15-22)35-28-16-26(33-18-34-28)25-6-3-5-24-23-4-1-2-7-27(23)40-29(24)25/h1-16,18,32H,17H2,(H,36,37)(H,38,39)(H,33,34,35). The largest absolute Gasteiger partial charge is 0.465 e. The predicted molar refractivity (Wildman–Crippen MR) is 154 cm³/mol. The average molecular weight is 530 g/mol. The van der Waals surface area contributed by atoms with E-state index in [0.29, 0.717) is 17.1 Å². The summed E-state index contributed by atoms with van der Waals surface area (Å²) in [4.78, 5) is 32.1. The summed E-state index contributed by atoms with van der Waals surface area (Å²) < 4.78 is 6.16. The van der Waals surface area contributed by atoms with Gasteiger partial charge in [0, 0.05) is 45.9 Å². The van der Waals surface area contributed by atoms with E-state index in [1.54, 1.807) is 36.4 Å². The Hall–Kier alpha value is -5.70. The zero-order chi connectivity index (χ0) is 27.5. The van der Waals surface area contributed by atoms with Gasteiger partial charge in [-0.25, -0.2) is 14.8 Å². The third-order valence-electron chi connectivity index (χ3n) is 6.42. The summed E-state index contributed by atoms with van der Waals surface area (Å²) in [6.07, 6.45) is 0.414. The van der Waals surface area contributed by atoms with Crippen LogP contribution in [-0.4, -0.2) is 27.1 Å². The first-order chi connectivity index (χ1) is 19.5. The number of hydrogen-bond donors (Lipinski definition) is 4. The highest BCUT2D eigenvalue weighted by Gasteiger charge is 2.13. The summed E-state index contributed by atoms with van der Waals surface area (Å²) in [7, 11) is 0. The lowest BCUT2D eigenvalue weighted by molar-refractivity contribution is 0.102. The van der Waals surface area contributed by atoms with E-state index in [9.17, 15) is 9.59 Å². The SMILES string of the molecule is O=C(O)NCc1ccc(C(=O)Nc2ccc(Nc3cc(-c4cccc5c4oc4ccccc45)ncn3)cc2)cc1. The molecule has 9 heteroatoms. The van der Waals surface area contributed by atoms with Crippen LogP contribution in [0.5, 0.6) is 0 Å². The monoisotopic (exact) mass is 529 g/mol. The Kier molecular flexibility index (Phi) is 6.51. The normalized spacial score (nSPS) is 10.9. The quantitative estimate of drug-likeness (QED) is 0.179. The highest BCUT2D eigenvalue weighted by molar-refractivity contribution is 6.09. The van der Waals surface area contributed by atoms with Crippen LogP contribution in [-0.2, 0) is 6.54 Å². The molecule has 0 atom stereocenters. The summed E-state index contributed by atoms with van der Waals surface area (Å²) in [5, 5.41) is 19.2. The van der Waals surface area contributed by atoms with Crippen molar-refractivity contribution in [2.45, 2.75) is 6.54 Å². The van der Waals surface area contributed by atoms with Crippen LogP contribution in [0.15, 0.2) is 108 Å². The number of amides is 2. The second kappa shape index (κ2) is 10.6. The maximum absolute atomic E-state index is 12.6. The van der Waals surface area contributed by atoms with Crippen LogP contribution in [0.1, 0.15) is 15.9 Å². The van der Waals surface area contributed by atoms with E-state index in [1.807, 2.05) is 60.7 Å². The number of nitrogens with one attached hydrogen (secondary N) is 3. The number of furan rings is 1. The number of aromatic nitrogens is 2. The van der Waals surface area contributed by atoms with E-state index >= 15 is 0 Å². The van der Waals surface area contributed by atoms with E-state index in [4.69, 9.17) is 9.52 Å². The van der Waals surface area contributed by atoms with Gasteiger partial charge in [0.2, 0.25) is 0 Å². The van der Waals surface area contributed by atoms with Gasteiger partial charge in [0.1, 0.15) is 23.3 Å². The lowest BCUT2D eigenvalue weighted by Crippen LogP contribution is -2.20. The molecule has 0 saturated carbocycles. The van der Waals surface area contributed by atoms with Crippen LogP contribution >= 0.6 is 0 Å². The van der Waals surface area contributed by atoms with Crippen molar-refractivity contribution in [3.05, 3.63) is 115 Å². The second-order valence-corrected chi connectivity index (χ2v) is 9.08. The number of hydrogen-bond acceptors (Lipinski definition) is 6. The Morgan fingerprint density at radius 3 is 2.35 bits per heavy atom. The molecule has 2 heterocycles. The molecule has 4 N–H and O–H groups in total. The van der Waals surface area contributed by atoms with Gasteiger partial charge in [-0.15, -0.1) is 0 Å². The molecular weight excluding hydrogens is 506 g/mol. The Morgan fingerprint density at radius 2 is 1.55 bits per heavy atom. The van der Waals surface area contributed by atoms with Gasteiger partial charge in [-0.05, 0) is 54.1 Å². The Balaban J connectivity index is 1.15. The van der Waals surface area contributed by atoms with Crippen molar-refractivity contribution in [3.63, 3.8) is 0 Å². The summed E-state index contributed by atoms with van der Waals surface area (Å²) in [5.41, 5.74) is 5.87. The van der Waals surface area contributed by atoms with E-state index in [-0.39, 0.29) is 12.5 Å². The lowest BCUT2D eigenvalue weighted by Gasteiger charge is -2.10. The van der Waals surface area contributed by atoms with Gasteiger partial charge in [-0.2, -0.15) is 0 Å². The molecule has 0 saturated heterocycles. The molecule has 0 spiro atoms. The van der Waals surface area contributed by atoms with Gasteiger partial charge in [-0.3, -0.25) is 4.79 Å². The maximum atomic E-state index is 12.6. The Labute approximate surface area is 228 Å². The number of fused-ring (bicyclic) bond motifs is 3. The summed E-state index contributed by atoms with van der Waals surface area (Å²) >= 11 is 0. The molecule has 4 aromatic carbocycles. The Bertz CT molecular complexity index is 1850. The molecule has 196 valence electrons. The van der Waals surface area contributed by atoms with E-state index in [2.05, 4.69) is 25.9 Å². The fraction of sp³-hybridized carbons (Fsp3) is 0.0323. The maximum Gasteiger partial charge on any atom is 0.404 e. The van der Waals surface area contributed by atoms with Crippen molar-refractivity contribution in [1.29, 1.82) is 0 Å². The summed E-state index contributed by atoms with van der Waals surface area (Å²) in [5.74, 6) is 0.353. The zero-order valence-electron chi connectivity index (χ0n) is 21.1. The van der Waals surface area contributed by atoms with Crippen molar-refractivity contribution in [2.75, 3.05) is 10.6 Å². The van der Waals surface area contributed by atoms with Crippen LogP contribution in [0.2, 0.25) is 0 Å². The number of nitrogens with zero attached hydrogens (tertiary/aromatic N) is 2. The highest BCUT2D eigenvalue weighted by atomic mass is 16.4. The first kappa shape index (κ1) is 24.6. The minimum absolute atomic E-state index is 0.176. The predicted octanol–water partition coefficient (Wildman–Crippen LogP) is 6.81. The number of carbonyl (C=O) groups excluding carboxylic acids is 1. The van der Waals surface area contributed by atoms with Crippen molar-refractivity contribution in [1.82, 2.24) is 15.3 Å². The van der Waals surface area contributed by atoms with Gasteiger partial charge in [0.05, 0.1) is 5.69 Å². The molecule has 0 aliphatic carbocycles. The van der Waals surface area contributed by atoms with Crippen molar-refractivity contribution in [2.24, 2.45) is 0 Å². The second-order valence-electron chi connectivity index (χ2n) is 9.08. The topological polar surface area (TPSA) is 129 Å². The molecular formula is C31H23N5O4. The van der Waals surface area contributed by atoms with Gasteiger partial charge in [0.15, 0.2) is 0 Å². The van der Waals surface area contributed by atoms with E-state index in [1.165, 1.54) is 6.33 Å². The van der Waals surface area contributed by atoms with Gasteiger partial charge >= 0.3 is 6.09 Å². The Morgan fingerprint density at radius 1 is 0.800 bits per heavy atom. The number of benzene rings is 4. The van der Waals surface area contributed by atoms with Crippen LogP contribution in [0.4, 0.5) is 22.0 Å². The molecule has 2 aromatic heterocycles. The van der Waals surface area contributed by atoms with Crippen LogP contribution in [0, 0.1) is 0 Å². The molecule has 40 heavy (non-hydrogen) atoms. The zero-order valence-corrected chi connectivity index (χ0v) is 21.1. The molecule has 0 aliphatic rings. The molecule has 0 unspecified atom stereocenters. The lowest BCUT2D eigenvalue weighted by atomic mass is 10.1. The molecule has 2 amide bonds. The number of carbonyl (C=O) groups is 2. The highest BCUT2D eigenvalue weighted by Crippen LogP contribution is 2.35. The number of carboxylic acid groups (broad SMARTS) is 1. The first-order valence-electron chi connectivity index (χ1n) is 12.5. The van der Waals surface area contributed by atoms with Crippen LogP contribution < -0.4 is 16.0 Å². The average Bonchev–Trinajstić information content (AvgIpc) is 3.36. The molecule has 0 fully saturated rings. The summed E-state index contributed by atoms with van der Waals surface area (Å²) in [6, 6.07) is 29.8. The summed E-state index contributed by atoms with van der Waals surface area (Å²) in [6.45, 7) is 0.176. The number of para-hydroxylation sites is 2. The fourth-order valence-electron chi connectivity index (χ4n) is 4.46. The smallest absolute Gasteiger partial charge is 0.404 e. The third kappa shape index (κ3) is 5.16. The van der Waals surface area contributed by atoms with Crippen LogP contribution in [0.3, 0.4) is 0 Å². The molecule has 0 radical (unpaired) electrons. The van der Waals surface area contributed by atoms with Crippen molar-refractivity contribution < 1.29 is 19.1 Å². The third-order valence-corrected chi connectivity index (χ3v) is 6.42. The van der Waals surface area contributed by atoms with Crippen molar-refractivity contribution >= 4 is 51.1 Å². The molecule has 6 rings (SSSR count). The molecule has 0 bridgehead atoms. The first-order valence-corrected chi connectivity index (χ1v) is 12.5. The molecule has 9 nitrogen and oxygen atoms in total. The van der Waals surface area contributed by atoms with Crippen LogP contribution in [0.25, 0.3) is 33.2 Å². The number of rotatable bonds is 7. The molecule has 0 aliphatic heterocycles. The van der Waals surface area contributed by atoms with E-state index in [0.717, 1.165) is 44.4 Å². The van der Waals surface area contributed by atoms with E-state index < -0.39 is 6.09 Å². The molecule has 6 aromatic rings.